The van der Waals surface area contributed by atoms with Crippen molar-refractivity contribution in [3.05, 3.63) is 237 Å². The summed E-state index contributed by atoms with van der Waals surface area (Å²) in [6.45, 7) is 0. The van der Waals surface area contributed by atoms with Gasteiger partial charge in [-0.05, 0) is 171 Å². The van der Waals surface area contributed by atoms with Crippen molar-refractivity contribution in [3.63, 3.8) is 0 Å². The SMILES string of the molecule is N#Cc1cc(C#N)cc(-c2ccc3c4ccc(-c5cc(C#N)cc(C#N)c5)cc4n(-c4cc(C#N)cc(-n5c6cc(-c7cc(C#N)cc(C#N)c7)ccc6c6ccc(-c7cc(C#N)cc(C#N)c7)cc65)c4-c4ccc(C(F)(F)F)cc4C(F)(F)F)c3c2)c1. The van der Waals surface area contributed by atoms with Gasteiger partial charge >= 0.3 is 12.4 Å². The molecule has 12 aromatic rings. The van der Waals surface area contributed by atoms with E-state index in [4.69, 9.17) is 0 Å². The van der Waals surface area contributed by atoms with Crippen molar-refractivity contribution in [2.75, 3.05) is 0 Å². The molecular weight excluding hydrogens is 1120 g/mol. The Bertz CT molecular complexity index is 4810. The standard InChI is InChI=1S/C71H29F6N11/c72-70(73,74)56-5-10-61(62(29-56)71(75,76)77)69-67(87-63-25-48(52-15-39(30-78)11-40(16-52)31-79)1-6-57(63)58-7-2-49(26-64(58)87)53-17-41(32-80)12-42(18-53)33-81)23-47(38-86)24-68(69)88-65-27-50(54-19-43(34-82)13-44(20-54)35-83)3-8-59(65)60-9-4-51(28-66(60)88)55-21-45(36-84)14-46(22-55)37-85/h1-29H. The number of aromatic nitrogens is 2. The molecule has 17 heteroatoms. The molecule has 0 aliphatic rings. The van der Waals surface area contributed by atoms with Gasteiger partial charge in [0.1, 0.15) is 0 Å². The molecule has 0 bridgehead atoms. The van der Waals surface area contributed by atoms with Crippen molar-refractivity contribution < 1.29 is 26.3 Å². The molecule has 0 saturated carbocycles. The molecule has 10 aromatic carbocycles. The monoisotopic (exact) mass is 1150 g/mol. The molecule has 0 spiro atoms. The second kappa shape index (κ2) is 21.2. The van der Waals surface area contributed by atoms with Crippen LogP contribution in [-0.2, 0) is 12.4 Å². The summed E-state index contributed by atoms with van der Waals surface area (Å²) in [4.78, 5) is 0. The van der Waals surface area contributed by atoms with Crippen LogP contribution in [0.3, 0.4) is 0 Å². The van der Waals surface area contributed by atoms with Crippen molar-refractivity contribution in [3.8, 4) is 122 Å². The molecule has 12 rings (SSSR count). The van der Waals surface area contributed by atoms with Crippen LogP contribution in [0.25, 0.3) is 111 Å². The molecule has 88 heavy (non-hydrogen) atoms. The number of nitrogens with zero attached hydrogens (tertiary/aromatic N) is 11. The first-order valence-electron chi connectivity index (χ1n) is 26.3. The predicted octanol–water partition coefficient (Wildman–Crippen LogP) is 17.1. The smallest absolute Gasteiger partial charge is 0.308 e. The topological polar surface area (TPSA) is 224 Å². The van der Waals surface area contributed by atoms with Crippen LogP contribution < -0.4 is 0 Å². The summed E-state index contributed by atoms with van der Waals surface area (Å²) in [5.41, 5.74) is 0.442. The minimum Gasteiger partial charge on any atom is -0.308 e. The predicted molar refractivity (Wildman–Crippen MR) is 315 cm³/mol. The first kappa shape index (κ1) is 55.3. The van der Waals surface area contributed by atoms with E-state index in [1.807, 2.05) is 0 Å². The van der Waals surface area contributed by atoms with Crippen LogP contribution in [0.2, 0.25) is 0 Å². The second-order valence-corrected chi connectivity index (χ2v) is 20.4. The highest BCUT2D eigenvalue weighted by molar-refractivity contribution is 6.14. The maximum atomic E-state index is 16.2. The van der Waals surface area contributed by atoms with Crippen molar-refractivity contribution in [2.45, 2.75) is 12.4 Å². The third kappa shape index (κ3) is 9.59. The molecule has 410 valence electrons. The van der Waals surface area contributed by atoms with E-state index >= 15 is 13.2 Å². The summed E-state index contributed by atoms with van der Waals surface area (Å²) in [6, 6.07) is 61.0. The Morgan fingerprint density at radius 1 is 0.261 bits per heavy atom. The number of nitriles is 9. The van der Waals surface area contributed by atoms with Gasteiger partial charge < -0.3 is 9.13 Å². The van der Waals surface area contributed by atoms with Gasteiger partial charge in [-0.15, -0.1) is 0 Å². The van der Waals surface area contributed by atoms with Gasteiger partial charge in [-0.3, -0.25) is 0 Å². The number of hydrogen-bond donors (Lipinski definition) is 0. The number of rotatable bonds is 7. The molecule has 11 nitrogen and oxygen atoms in total. The Morgan fingerprint density at radius 3 is 0.761 bits per heavy atom. The Balaban J connectivity index is 1.31. The third-order valence-electron chi connectivity index (χ3n) is 15.3. The lowest BCUT2D eigenvalue weighted by molar-refractivity contribution is -0.142. The van der Waals surface area contributed by atoms with Crippen LogP contribution in [0, 0.1) is 102 Å². The third-order valence-corrected chi connectivity index (χ3v) is 15.3. The molecule has 0 fully saturated rings. The highest BCUT2D eigenvalue weighted by Crippen LogP contribution is 2.49. The Morgan fingerprint density at radius 2 is 0.523 bits per heavy atom. The Labute approximate surface area is 495 Å². The zero-order valence-corrected chi connectivity index (χ0v) is 44.9. The highest BCUT2D eigenvalue weighted by Gasteiger charge is 2.40. The van der Waals surface area contributed by atoms with Gasteiger partial charge in [-0.2, -0.15) is 73.7 Å². The van der Waals surface area contributed by atoms with Crippen molar-refractivity contribution in [2.24, 2.45) is 0 Å². The van der Waals surface area contributed by atoms with Crippen LogP contribution in [0.15, 0.2) is 176 Å². The lowest BCUT2D eigenvalue weighted by Gasteiger charge is -2.24. The van der Waals surface area contributed by atoms with Gasteiger partial charge in [0.25, 0.3) is 0 Å². The fourth-order valence-corrected chi connectivity index (χ4v) is 11.4. The van der Waals surface area contributed by atoms with Crippen LogP contribution in [-0.4, -0.2) is 9.13 Å². The number of halogens is 6. The molecule has 2 heterocycles. The fraction of sp³-hybridized carbons (Fsp3) is 0.0282. The molecule has 0 radical (unpaired) electrons. The number of fused-ring (bicyclic) bond motifs is 6. The van der Waals surface area contributed by atoms with E-state index in [9.17, 15) is 60.5 Å². The zero-order valence-electron chi connectivity index (χ0n) is 44.9. The minimum atomic E-state index is -5.50. The van der Waals surface area contributed by atoms with Crippen molar-refractivity contribution >= 4 is 43.6 Å². The highest BCUT2D eigenvalue weighted by atomic mass is 19.4. The maximum absolute atomic E-state index is 16.2. The quantitative estimate of drug-likeness (QED) is 0.138. The van der Waals surface area contributed by atoms with E-state index in [1.54, 1.807) is 130 Å². The number of alkyl halides is 6. The Kier molecular flexibility index (Phi) is 13.3. The van der Waals surface area contributed by atoms with E-state index in [0.29, 0.717) is 72.1 Å². The second-order valence-electron chi connectivity index (χ2n) is 20.4. The zero-order chi connectivity index (χ0) is 61.9. The molecule has 0 saturated heterocycles. The van der Waals surface area contributed by atoms with Crippen LogP contribution in [0.1, 0.15) is 61.2 Å². The Hall–Kier alpha value is -13.2. The van der Waals surface area contributed by atoms with Gasteiger partial charge in [-0.25, -0.2) is 0 Å². The maximum Gasteiger partial charge on any atom is 0.417 e. The molecule has 0 aliphatic heterocycles. The summed E-state index contributed by atoms with van der Waals surface area (Å²) in [7, 11) is 0. The van der Waals surface area contributed by atoms with Gasteiger partial charge in [0, 0.05) is 27.1 Å². The van der Waals surface area contributed by atoms with Gasteiger partial charge in [-0.1, -0.05) is 54.6 Å². The van der Waals surface area contributed by atoms with Crippen molar-refractivity contribution in [1.82, 2.24) is 9.13 Å². The van der Waals surface area contributed by atoms with Crippen LogP contribution >= 0.6 is 0 Å². The minimum absolute atomic E-state index is 0.0269. The van der Waals surface area contributed by atoms with Gasteiger partial charge in [0.2, 0.25) is 0 Å². The fourth-order valence-electron chi connectivity index (χ4n) is 11.4. The average Bonchev–Trinajstić information content (AvgIpc) is 1.52. The van der Waals surface area contributed by atoms with Crippen LogP contribution in [0.5, 0.6) is 0 Å². The molecule has 0 aliphatic carbocycles. The van der Waals surface area contributed by atoms with Gasteiger partial charge in [0.05, 0.1) is 149 Å². The molecule has 0 atom stereocenters. The van der Waals surface area contributed by atoms with Gasteiger partial charge in [0.15, 0.2) is 0 Å². The van der Waals surface area contributed by atoms with E-state index < -0.39 is 29.0 Å². The number of hydrogen-bond acceptors (Lipinski definition) is 9. The summed E-state index contributed by atoms with van der Waals surface area (Å²) in [5.74, 6) is 0. The van der Waals surface area contributed by atoms with E-state index in [1.165, 1.54) is 36.4 Å². The van der Waals surface area contributed by atoms with Crippen molar-refractivity contribution in [1.29, 1.82) is 47.4 Å². The molecule has 0 unspecified atom stereocenters. The average molecular weight is 1150 g/mol. The van der Waals surface area contributed by atoms with E-state index in [-0.39, 0.29) is 95.1 Å². The molecular formula is C71H29F6N11. The summed E-state index contributed by atoms with van der Waals surface area (Å²) >= 11 is 0. The first-order chi connectivity index (χ1) is 42.4. The summed E-state index contributed by atoms with van der Waals surface area (Å²) in [5, 5.41) is 93.6. The lowest BCUT2D eigenvalue weighted by atomic mass is 9.92. The van der Waals surface area contributed by atoms with E-state index in [2.05, 4.69) is 54.6 Å². The molecule has 2 aromatic heterocycles. The summed E-state index contributed by atoms with van der Waals surface area (Å²) < 4.78 is 96.4. The molecule has 0 N–H and O–H groups in total. The first-order valence-corrected chi connectivity index (χ1v) is 26.3. The van der Waals surface area contributed by atoms with Crippen LogP contribution in [0.4, 0.5) is 26.3 Å². The normalized spacial score (nSPS) is 11.2. The summed E-state index contributed by atoms with van der Waals surface area (Å²) in [6.07, 6.45) is -10.8. The molecule has 0 amide bonds. The lowest BCUT2D eigenvalue weighted by Crippen LogP contribution is -2.14. The number of benzene rings is 10. The van der Waals surface area contributed by atoms with E-state index in [0.717, 1.165) is 6.07 Å². The largest absolute Gasteiger partial charge is 0.417 e.